The summed E-state index contributed by atoms with van der Waals surface area (Å²) in [6, 6.07) is 8.16. The Bertz CT molecular complexity index is 584. The first-order chi connectivity index (χ1) is 8.78. The number of carbonyl (C=O) groups excluding carboxylic acids is 1. The molecule has 1 heterocycles. The molecule has 1 aromatic carbocycles. The van der Waals surface area contributed by atoms with E-state index < -0.39 is 5.41 Å². The number of hydrogen-bond acceptors (Lipinski definition) is 3. The van der Waals surface area contributed by atoms with Crippen LogP contribution in [0.5, 0.6) is 0 Å². The lowest BCUT2D eigenvalue weighted by molar-refractivity contribution is -0.135. The summed E-state index contributed by atoms with van der Waals surface area (Å²) in [5, 5.41) is 12.3. The molecule has 1 aliphatic rings. The molecule has 1 amide bonds. The van der Waals surface area contributed by atoms with E-state index in [0.29, 0.717) is 0 Å². The largest absolute Gasteiger partial charge is 0.289 e. The van der Waals surface area contributed by atoms with Crippen LogP contribution in [-0.2, 0) is 10.2 Å². The topological polar surface area (TPSA) is 49.3 Å². The Morgan fingerprint density at radius 2 is 2.06 bits per heavy atom. The zero-order valence-corrected chi connectivity index (χ0v) is 10.8. The minimum atomic E-state index is -0.543. The fourth-order valence-electron chi connectivity index (χ4n) is 3.07. The molecule has 2 N–H and O–H groups in total. The molecule has 0 radical (unpaired) electrons. The van der Waals surface area contributed by atoms with Crippen molar-refractivity contribution in [1.29, 1.82) is 0 Å². The number of carbonyl (C=O) groups is 1. The summed E-state index contributed by atoms with van der Waals surface area (Å²) < 4.78 is 1.17. The first kappa shape index (κ1) is 11.7. The summed E-state index contributed by atoms with van der Waals surface area (Å²) in [6.07, 6.45) is 3.71. The first-order valence-electron chi connectivity index (χ1n) is 6.19. The predicted molar refractivity (Wildman–Crippen MR) is 71.9 cm³/mol. The molecule has 0 aliphatic heterocycles. The van der Waals surface area contributed by atoms with Gasteiger partial charge in [0.25, 0.3) is 5.91 Å². The van der Waals surface area contributed by atoms with E-state index in [-0.39, 0.29) is 5.91 Å². The van der Waals surface area contributed by atoms with Gasteiger partial charge in [-0.3, -0.25) is 10.0 Å². The van der Waals surface area contributed by atoms with Crippen LogP contribution in [0.2, 0.25) is 0 Å². The number of rotatable bonds is 2. The molecule has 1 aliphatic carbocycles. The molecule has 0 atom stereocenters. The summed E-state index contributed by atoms with van der Waals surface area (Å²) in [5.41, 5.74) is 2.39. The lowest BCUT2D eigenvalue weighted by atomic mass is 9.78. The number of hydrogen-bond donors (Lipinski definition) is 2. The molecule has 0 spiro atoms. The maximum atomic E-state index is 12.1. The Hall–Kier alpha value is -1.39. The maximum absolute atomic E-state index is 12.1. The van der Waals surface area contributed by atoms with Gasteiger partial charge in [-0.15, -0.1) is 11.3 Å². The van der Waals surface area contributed by atoms with Crippen molar-refractivity contribution in [3.8, 4) is 0 Å². The van der Waals surface area contributed by atoms with Crippen LogP contribution in [0, 0.1) is 0 Å². The molecule has 1 aromatic heterocycles. The minimum Gasteiger partial charge on any atom is -0.289 e. The van der Waals surface area contributed by atoms with Crippen LogP contribution in [0.4, 0.5) is 0 Å². The molecule has 3 rings (SSSR count). The van der Waals surface area contributed by atoms with Crippen molar-refractivity contribution in [3.05, 3.63) is 35.2 Å². The molecule has 0 saturated heterocycles. The molecule has 1 saturated carbocycles. The molecular formula is C14H15NO2S. The summed E-state index contributed by atoms with van der Waals surface area (Å²) in [7, 11) is 0. The highest BCUT2D eigenvalue weighted by atomic mass is 32.1. The third-order valence-corrected chi connectivity index (χ3v) is 4.95. The maximum Gasteiger partial charge on any atom is 0.254 e. The van der Waals surface area contributed by atoms with Crippen molar-refractivity contribution < 1.29 is 10.0 Å². The van der Waals surface area contributed by atoms with Crippen molar-refractivity contribution in [3.63, 3.8) is 0 Å². The molecule has 94 valence electrons. The highest BCUT2D eigenvalue weighted by molar-refractivity contribution is 7.17. The number of nitrogens with one attached hydrogen (secondary N) is 1. The molecule has 2 aromatic rings. The highest BCUT2D eigenvalue weighted by Gasteiger charge is 2.43. The molecule has 0 bridgehead atoms. The van der Waals surface area contributed by atoms with Crippen LogP contribution >= 0.6 is 11.3 Å². The predicted octanol–water partition coefficient (Wildman–Crippen LogP) is 3.22. The molecule has 4 heteroatoms. The molecule has 18 heavy (non-hydrogen) atoms. The number of thiophene rings is 1. The second-order valence-electron chi connectivity index (χ2n) is 4.87. The number of hydroxylamine groups is 1. The van der Waals surface area contributed by atoms with E-state index in [9.17, 15) is 4.79 Å². The van der Waals surface area contributed by atoms with Gasteiger partial charge in [0, 0.05) is 4.70 Å². The van der Waals surface area contributed by atoms with Gasteiger partial charge in [-0.1, -0.05) is 31.0 Å². The second kappa shape index (κ2) is 4.37. The zero-order valence-electron chi connectivity index (χ0n) is 9.98. The molecule has 3 nitrogen and oxygen atoms in total. The van der Waals surface area contributed by atoms with Gasteiger partial charge in [0.2, 0.25) is 0 Å². The fourth-order valence-corrected chi connectivity index (χ4v) is 4.09. The molecule has 0 unspecified atom stereocenters. The van der Waals surface area contributed by atoms with E-state index in [1.165, 1.54) is 10.1 Å². The fraction of sp³-hybridized carbons (Fsp3) is 0.357. The summed E-state index contributed by atoms with van der Waals surface area (Å²) in [4.78, 5) is 12.1. The lowest BCUT2D eigenvalue weighted by Crippen LogP contribution is -2.41. The van der Waals surface area contributed by atoms with Gasteiger partial charge in [-0.2, -0.15) is 0 Å². The SMILES string of the molecule is O=C(NO)C1(c2cccc3ccsc23)CCCC1. The van der Waals surface area contributed by atoms with Crippen molar-refractivity contribution in [1.82, 2.24) is 5.48 Å². The van der Waals surface area contributed by atoms with Crippen LogP contribution in [0.1, 0.15) is 31.2 Å². The Kier molecular flexibility index (Phi) is 2.84. The summed E-state index contributed by atoms with van der Waals surface area (Å²) >= 11 is 1.67. The zero-order chi connectivity index (χ0) is 12.6. The Balaban J connectivity index is 2.21. The van der Waals surface area contributed by atoms with Gasteiger partial charge in [0.05, 0.1) is 5.41 Å². The van der Waals surface area contributed by atoms with Crippen LogP contribution in [0.25, 0.3) is 10.1 Å². The lowest BCUT2D eigenvalue weighted by Gasteiger charge is -2.27. The Morgan fingerprint density at radius 3 is 2.78 bits per heavy atom. The normalized spacial score (nSPS) is 18.1. The van der Waals surface area contributed by atoms with Crippen molar-refractivity contribution in [2.45, 2.75) is 31.1 Å². The highest BCUT2D eigenvalue weighted by Crippen LogP contribution is 2.45. The second-order valence-corrected chi connectivity index (χ2v) is 5.79. The van der Waals surface area contributed by atoms with E-state index >= 15 is 0 Å². The minimum absolute atomic E-state index is 0.263. The van der Waals surface area contributed by atoms with E-state index in [1.54, 1.807) is 11.3 Å². The van der Waals surface area contributed by atoms with Crippen molar-refractivity contribution >= 4 is 27.3 Å². The quantitative estimate of drug-likeness (QED) is 0.644. The van der Waals surface area contributed by atoms with Crippen LogP contribution in [0.15, 0.2) is 29.6 Å². The Labute approximate surface area is 109 Å². The van der Waals surface area contributed by atoms with Gasteiger partial charge in [-0.25, -0.2) is 5.48 Å². The van der Waals surface area contributed by atoms with Gasteiger partial charge in [0.1, 0.15) is 0 Å². The number of fused-ring (bicyclic) bond motifs is 1. The van der Waals surface area contributed by atoms with Gasteiger partial charge in [-0.05, 0) is 35.2 Å². The van der Waals surface area contributed by atoms with E-state index in [1.807, 2.05) is 23.0 Å². The van der Waals surface area contributed by atoms with E-state index in [2.05, 4.69) is 12.1 Å². The Morgan fingerprint density at radius 1 is 1.28 bits per heavy atom. The van der Waals surface area contributed by atoms with Gasteiger partial charge in [0.15, 0.2) is 0 Å². The third kappa shape index (κ3) is 1.56. The third-order valence-electron chi connectivity index (χ3n) is 3.99. The van der Waals surface area contributed by atoms with Crippen LogP contribution < -0.4 is 5.48 Å². The van der Waals surface area contributed by atoms with E-state index in [0.717, 1.165) is 31.2 Å². The smallest absolute Gasteiger partial charge is 0.254 e. The van der Waals surface area contributed by atoms with Crippen molar-refractivity contribution in [2.24, 2.45) is 0 Å². The average molecular weight is 261 g/mol. The van der Waals surface area contributed by atoms with Crippen molar-refractivity contribution in [2.75, 3.05) is 0 Å². The summed E-state index contributed by atoms with van der Waals surface area (Å²) in [6.45, 7) is 0. The first-order valence-corrected chi connectivity index (χ1v) is 7.07. The van der Waals surface area contributed by atoms with Gasteiger partial charge < -0.3 is 0 Å². The number of benzene rings is 1. The molecule has 1 fully saturated rings. The summed E-state index contributed by atoms with van der Waals surface area (Å²) in [5.74, 6) is -0.263. The number of amides is 1. The molecular weight excluding hydrogens is 246 g/mol. The van der Waals surface area contributed by atoms with E-state index in [4.69, 9.17) is 5.21 Å². The monoisotopic (exact) mass is 261 g/mol. The van der Waals surface area contributed by atoms with Gasteiger partial charge >= 0.3 is 0 Å². The van der Waals surface area contributed by atoms with Crippen LogP contribution in [-0.4, -0.2) is 11.1 Å². The average Bonchev–Trinajstić information content (AvgIpc) is 3.06. The standard InChI is InChI=1S/C14H15NO2S/c16-13(15-17)14(7-1-2-8-14)11-5-3-4-10-6-9-18-12(10)11/h3-6,9,17H,1-2,7-8H2,(H,15,16). The van der Waals surface area contributed by atoms with Crippen LogP contribution in [0.3, 0.4) is 0 Å².